The van der Waals surface area contributed by atoms with Crippen LogP contribution in [0.2, 0.25) is 0 Å². The van der Waals surface area contributed by atoms with Gasteiger partial charge in [-0.2, -0.15) is 0 Å². The Morgan fingerprint density at radius 1 is 1.50 bits per heavy atom. The molecule has 1 rings (SSSR count). The molecule has 0 amide bonds. The summed E-state index contributed by atoms with van der Waals surface area (Å²) in [5.74, 6) is 0. The monoisotopic (exact) mass is 260 g/mol. The van der Waals surface area contributed by atoms with E-state index in [4.69, 9.17) is 9.47 Å². The third kappa shape index (κ3) is 3.25. The Bertz CT molecular complexity index is 279. The van der Waals surface area contributed by atoms with Crippen molar-refractivity contribution in [1.82, 2.24) is 4.98 Å². The molecule has 5 heteroatoms. The van der Waals surface area contributed by atoms with E-state index in [2.05, 4.69) is 26.2 Å². The number of hydrogen-bond donors (Lipinski definition) is 1. The third-order valence-electron chi connectivity index (χ3n) is 1.74. The van der Waals surface area contributed by atoms with E-state index in [1.165, 1.54) is 0 Å². The molecule has 1 aromatic rings. The van der Waals surface area contributed by atoms with Crippen molar-refractivity contribution in [2.75, 3.05) is 26.1 Å². The Labute approximate surface area is 91.8 Å². The highest BCUT2D eigenvalue weighted by molar-refractivity contribution is 9.10. The van der Waals surface area contributed by atoms with Crippen LogP contribution in [0.3, 0.4) is 0 Å². The highest BCUT2D eigenvalue weighted by Crippen LogP contribution is 2.18. The molecule has 78 valence electrons. The molecule has 0 aliphatic rings. The van der Waals surface area contributed by atoms with Crippen molar-refractivity contribution in [3.05, 3.63) is 22.9 Å². The van der Waals surface area contributed by atoms with Gasteiger partial charge in [0.1, 0.15) is 4.60 Å². The first-order chi connectivity index (χ1) is 6.77. The van der Waals surface area contributed by atoms with E-state index in [1.54, 1.807) is 20.4 Å². The zero-order valence-electron chi connectivity index (χ0n) is 8.16. The van der Waals surface area contributed by atoms with Gasteiger partial charge in [0.15, 0.2) is 6.29 Å². The van der Waals surface area contributed by atoms with E-state index in [1.807, 2.05) is 12.1 Å². The number of halogens is 1. The minimum Gasteiger partial charge on any atom is -0.378 e. The maximum absolute atomic E-state index is 5.04. The summed E-state index contributed by atoms with van der Waals surface area (Å²) >= 11 is 3.33. The molecule has 0 atom stereocenters. The first kappa shape index (κ1) is 11.4. The first-order valence-electron chi connectivity index (χ1n) is 4.18. The number of nitrogens with one attached hydrogen (secondary N) is 1. The minimum absolute atomic E-state index is 0.248. The van der Waals surface area contributed by atoms with Crippen LogP contribution in [-0.4, -0.2) is 32.0 Å². The Morgan fingerprint density at radius 2 is 2.21 bits per heavy atom. The fourth-order valence-electron chi connectivity index (χ4n) is 0.974. The SMILES string of the molecule is COC(CNc1cccnc1Br)OC. The number of anilines is 1. The van der Waals surface area contributed by atoms with Crippen molar-refractivity contribution < 1.29 is 9.47 Å². The van der Waals surface area contributed by atoms with E-state index >= 15 is 0 Å². The van der Waals surface area contributed by atoms with E-state index in [-0.39, 0.29) is 6.29 Å². The predicted octanol–water partition coefficient (Wildman–Crippen LogP) is 1.87. The van der Waals surface area contributed by atoms with Gasteiger partial charge in [-0.25, -0.2) is 4.98 Å². The highest BCUT2D eigenvalue weighted by Gasteiger charge is 2.05. The van der Waals surface area contributed by atoms with Gasteiger partial charge < -0.3 is 14.8 Å². The summed E-state index contributed by atoms with van der Waals surface area (Å²) in [6.45, 7) is 0.581. The van der Waals surface area contributed by atoms with Crippen LogP contribution in [0.25, 0.3) is 0 Å². The first-order valence-corrected chi connectivity index (χ1v) is 4.97. The van der Waals surface area contributed by atoms with E-state index in [0.29, 0.717) is 6.54 Å². The number of pyridine rings is 1. The van der Waals surface area contributed by atoms with Crippen molar-refractivity contribution >= 4 is 21.6 Å². The molecule has 0 aliphatic carbocycles. The molecule has 0 bridgehead atoms. The molecule has 1 N–H and O–H groups in total. The summed E-state index contributed by atoms with van der Waals surface area (Å²) in [6.07, 6.45) is 1.47. The summed E-state index contributed by atoms with van der Waals surface area (Å²) in [7, 11) is 3.21. The van der Waals surface area contributed by atoms with E-state index in [0.717, 1.165) is 10.3 Å². The maximum Gasteiger partial charge on any atom is 0.173 e. The zero-order chi connectivity index (χ0) is 10.4. The summed E-state index contributed by atoms with van der Waals surface area (Å²) in [6, 6.07) is 3.79. The smallest absolute Gasteiger partial charge is 0.173 e. The number of nitrogens with zero attached hydrogens (tertiary/aromatic N) is 1. The quantitative estimate of drug-likeness (QED) is 0.649. The number of aromatic nitrogens is 1. The van der Waals surface area contributed by atoms with Gasteiger partial charge in [-0.15, -0.1) is 0 Å². The van der Waals surface area contributed by atoms with E-state index in [9.17, 15) is 0 Å². The zero-order valence-corrected chi connectivity index (χ0v) is 9.74. The van der Waals surface area contributed by atoms with Crippen LogP contribution in [0.5, 0.6) is 0 Å². The van der Waals surface area contributed by atoms with Crippen LogP contribution < -0.4 is 5.32 Å². The molecule has 1 heterocycles. The van der Waals surface area contributed by atoms with Gasteiger partial charge in [0.2, 0.25) is 0 Å². The number of rotatable bonds is 5. The van der Waals surface area contributed by atoms with Gasteiger partial charge in [-0.3, -0.25) is 0 Å². The predicted molar refractivity (Wildman–Crippen MR) is 58.2 cm³/mol. The van der Waals surface area contributed by atoms with Gasteiger partial charge in [0, 0.05) is 20.4 Å². The topological polar surface area (TPSA) is 43.4 Å². The van der Waals surface area contributed by atoms with E-state index < -0.39 is 0 Å². The molecule has 1 aromatic heterocycles. The molecule has 0 radical (unpaired) electrons. The number of methoxy groups -OCH3 is 2. The maximum atomic E-state index is 5.04. The normalized spacial score (nSPS) is 10.6. The van der Waals surface area contributed by atoms with Crippen LogP contribution in [0.4, 0.5) is 5.69 Å². The molecule has 0 aliphatic heterocycles. The van der Waals surface area contributed by atoms with Gasteiger partial charge in [-0.05, 0) is 28.1 Å². The molecular weight excluding hydrogens is 248 g/mol. The molecule has 14 heavy (non-hydrogen) atoms. The Hall–Kier alpha value is -0.650. The minimum atomic E-state index is -0.248. The average molecular weight is 261 g/mol. The molecule has 4 nitrogen and oxygen atoms in total. The average Bonchev–Trinajstić information content (AvgIpc) is 2.22. The number of hydrogen-bond acceptors (Lipinski definition) is 4. The molecule has 0 spiro atoms. The van der Waals surface area contributed by atoms with Crippen molar-refractivity contribution in [2.24, 2.45) is 0 Å². The Kier molecular flexibility index (Phi) is 4.86. The van der Waals surface area contributed by atoms with Crippen molar-refractivity contribution in [3.8, 4) is 0 Å². The van der Waals surface area contributed by atoms with Gasteiger partial charge >= 0.3 is 0 Å². The molecule has 0 fully saturated rings. The second-order valence-electron chi connectivity index (χ2n) is 2.62. The second-order valence-corrected chi connectivity index (χ2v) is 3.37. The lowest BCUT2D eigenvalue weighted by Crippen LogP contribution is -2.23. The summed E-state index contributed by atoms with van der Waals surface area (Å²) in [5, 5.41) is 3.16. The van der Waals surface area contributed by atoms with Gasteiger partial charge in [0.05, 0.1) is 12.2 Å². The van der Waals surface area contributed by atoms with Crippen LogP contribution >= 0.6 is 15.9 Å². The summed E-state index contributed by atoms with van der Waals surface area (Å²) in [4.78, 5) is 4.08. The van der Waals surface area contributed by atoms with Crippen molar-refractivity contribution in [3.63, 3.8) is 0 Å². The van der Waals surface area contributed by atoms with Gasteiger partial charge in [-0.1, -0.05) is 0 Å². The fourth-order valence-corrected chi connectivity index (χ4v) is 1.36. The Morgan fingerprint density at radius 3 is 2.79 bits per heavy atom. The molecule has 0 unspecified atom stereocenters. The molecular formula is C9H13BrN2O2. The molecule has 0 saturated heterocycles. The van der Waals surface area contributed by atoms with Crippen molar-refractivity contribution in [2.45, 2.75) is 6.29 Å². The third-order valence-corrected chi connectivity index (χ3v) is 2.38. The van der Waals surface area contributed by atoms with Gasteiger partial charge in [0.25, 0.3) is 0 Å². The van der Waals surface area contributed by atoms with Crippen LogP contribution in [-0.2, 0) is 9.47 Å². The van der Waals surface area contributed by atoms with Crippen LogP contribution in [0, 0.1) is 0 Å². The Balaban J connectivity index is 2.49. The second kappa shape index (κ2) is 5.95. The molecule has 0 aromatic carbocycles. The van der Waals surface area contributed by atoms with Crippen LogP contribution in [0.1, 0.15) is 0 Å². The van der Waals surface area contributed by atoms with Crippen LogP contribution in [0.15, 0.2) is 22.9 Å². The fraction of sp³-hybridized carbons (Fsp3) is 0.444. The summed E-state index contributed by atoms with van der Waals surface area (Å²) < 4.78 is 10.9. The lowest BCUT2D eigenvalue weighted by Gasteiger charge is -2.15. The largest absolute Gasteiger partial charge is 0.378 e. The molecule has 0 saturated carbocycles. The summed E-state index contributed by atoms with van der Waals surface area (Å²) in [5.41, 5.74) is 0.923. The van der Waals surface area contributed by atoms with Crippen molar-refractivity contribution in [1.29, 1.82) is 0 Å². The highest BCUT2D eigenvalue weighted by atomic mass is 79.9. The number of ether oxygens (including phenoxy) is 2. The lowest BCUT2D eigenvalue weighted by molar-refractivity contribution is -0.0914. The lowest BCUT2D eigenvalue weighted by atomic mass is 10.4. The standard InChI is InChI=1S/C9H13BrN2O2/c1-13-8(14-2)6-12-7-4-3-5-11-9(7)10/h3-5,8,12H,6H2,1-2H3.